The Kier molecular flexibility index (Phi) is 8.46. The lowest BCUT2D eigenvalue weighted by Crippen LogP contribution is -2.49. The van der Waals surface area contributed by atoms with Crippen molar-refractivity contribution < 1.29 is 36.3 Å². The lowest BCUT2D eigenvalue weighted by atomic mass is 9.75. The molecule has 2 fully saturated rings. The first-order chi connectivity index (χ1) is 24.5. The van der Waals surface area contributed by atoms with Gasteiger partial charge in [0.15, 0.2) is 17.5 Å². The monoisotopic (exact) mass is 743 g/mol. The van der Waals surface area contributed by atoms with E-state index in [0.717, 1.165) is 28.3 Å². The molecule has 2 bridgehead atoms. The van der Waals surface area contributed by atoms with Crippen molar-refractivity contribution in [2.24, 2.45) is 10.4 Å². The summed E-state index contributed by atoms with van der Waals surface area (Å²) in [4.78, 5) is 45.5. The van der Waals surface area contributed by atoms with E-state index in [9.17, 15) is 22.4 Å². The van der Waals surface area contributed by atoms with E-state index in [1.807, 2.05) is 26.1 Å². The molecule has 52 heavy (non-hydrogen) atoms. The second-order valence-electron chi connectivity index (χ2n) is 14.1. The maximum Gasteiger partial charge on any atom is 0.411 e. The van der Waals surface area contributed by atoms with Crippen molar-refractivity contribution in [2.45, 2.75) is 69.6 Å². The van der Waals surface area contributed by atoms with Crippen LogP contribution in [0.5, 0.6) is 0 Å². The molecule has 3 atom stereocenters. The average molecular weight is 744 g/mol. The van der Waals surface area contributed by atoms with Crippen LogP contribution in [-0.4, -0.2) is 65.9 Å². The molecular weight excluding hydrogens is 713 g/mol. The summed E-state index contributed by atoms with van der Waals surface area (Å²) in [6.45, 7) is 5.07. The van der Waals surface area contributed by atoms with Gasteiger partial charge in [-0.15, -0.1) is 0 Å². The lowest BCUT2D eigenvalue weighted by Gasteiger charge is -2.35. The number of aliphatic imine (C=N–C) groups is 1. The van der Waals surface area contributed by atoms with Gasteiger partial charge in [-0.3, -0.25) is 9.69 Å². The van der Waals surface area contributed by atoms with Gasteiger partial charge in [-0.25, -0.2) is 38.2 Å². The SMILES string of the molecule is CC(C)(C)C[C@]1(c2ccc(-c3ncc(F)cn3)cc2)NC2=NC(F)c3ncnn3-c3cc(ccc3Cl)[C@@H](COC(=O)NC3(C(F)(F)F)CC3)N2C1=O. The number of halogens is 6. The van der Waals surface area contributed by atoms with E-state index >= 15 is 9.18 Å². The van der Waals surface area contributed by atoms with Gasteiger partial charge in [-0.2, -0.15) is 18.3 Å². The molecule has 2 aromatic heterocycles. The van der Waals surface area contributed by atoms with E-state index < -0.39 is 59.4 Å². The van der Waals surface area contributed by atoms with Gasteiger partial charge in [0.2, 0.25) is 5.96 Å². The highest BCUT2D eigenvalue weighted by molar-refractivity contribution is 6.32. The minimum atomic E-state index is -4.70. The molecule has 1 aliphatic carbocycles. The lowest BCUT2D eigenvalue weighted by molar-refractivity contribution is -0.164. The fraction of sp³-hybridized carbons (Fsp3) is 0.382. The van der Waals surface area contributed by atoms with Crippen molar-refractivity contribution in [3.05, 3.63) is 89.0 Å². The highest BCUT2D eigenvalue weighted by Gasteiger charge is 2.65. The number of guanidine groups is 1. The van der Waals surface area contributed by atoms with Crippen LogP contribution >= 0.6 is 11.6 Å². The fourth-order valence-electron chi connectivity index (χ4n) is 6.54. The molecule has 2 N–H and O–H groups in total. The number of carbonyl (C=O) groups excluding carboxylic acids is 2. The third-order valence-electron chi connectivity index (χ3n) is 9.11. The molecule has 0 spiro atoms. The molecule has 2 aliphatic heterocycles. The number of hydrogen-bond acceptors (Lipinski definition) is 9. The molecule has 0 radical (unpaired) electrons. The van der Waals surface area contributed by atoms with Crippen LogP contribution in [0.15, 0.2) is 66.2 Å². The molecule has 18 heteroatoms. The van der Waals surface area contributed by atoms with E-state index in [4.69, 9.17) is 16.3 Å². The van der Waals surface area contributed by atoms with Gasteiger partial charge in [0.05, 0.1) is 29.1 Å². The number of fused-ring (bicyclic) bond motifs is 5. The Morgan fingerprint density at radius 1 is 1.08 bits per heavy atom. The van der Waals surface area contributed by atoms with Crippen molar-refractivity contribution in [1.29, 1.82) is 0 Å². The van der Waals surface area contributed by atoms with Gasteiger partial charge >= 0.3 is 12.3 Å². The van der Waals surface area contributed by atoms with Crippen molar-refractivity contribution >= 4 is 29.6 Å². The van der Waals surface area contributed by atoms with Gasteiger partial charge in [0, 0.05) is 5.56 Å². The van der Waals surface area contributed by atoms with E-state index in [2.05, 4.69) is 30.4 Å². The second kappa shape index (κ2) is 12.5. The van der Waals surface area contributed by atoms with Crippen LogP contribution in [-0.2, 0) is 15.1 Å². The molecule has 272 valence electrons. The molecule has 12 nitrogen and oxygen atoms in total. The molecule has 1 unspecified atom stereocenters. The first-order valence-corrected chi connectivity index (χ1v) is 16.5. The first-order valence-electron chi connectivity index (χ1n) is 16.1. The molecule has 2 aromatic carbocycles. The summed E-state index contributed by atoms with van der Waals surface area (Å²) in [6.07, 6.45) is -5.53. The molecule has 4 heterocycles. The zero-order valence-electron chi connectivity index (χ0n) is 27.9. The third-order valence-corrected chi connectivity index (χ3v) is 9.43. The second-order valence-corrected chi connectivity index (χ2v) is 14.5. The number of nitrogens with one attached hydrogen (secondary N) is 2. The molecule has 7 rings (SSSR count). The Morgan fingerprint density at radius 3 is 2.40 bits per heavy atom. The number of aromatic nitrogens is 5. The Balaban J connectivity index is 1.34. The van der Waals surface area contributed by atoms with Crippen LogP contribution in [0, 0.1) is 11.2 Å². The normalized spacial score (nSPS) is 22.1. The van der Waals surface area contributed by atoms with Crippen LogP contribution in [0.3, 0.4) is 0 Å². The largest absolute Gasteiger partial charge is 0.447 e. The molecule has 3 aliphatic rings. The summed E-state index contributed by atoms with van der Waals surface area (Å²) in [5.74, 6) is -1.47. The predicted octanol–water partition coefficient (Wildman–Crippen LogP) is 6.48. The van der Waals surface area contributed by atoms with Gasteiger partial charge < -0.3 is 15.4 Å². The number of nitrogens with zero attached hydrogens (tertiary/aromatic N) is 7. The van der Waals surface area contributed by atoms with Crippen molar-refractivity contribution in [3.8, 4) is 17.1 Å². The standard InChI is InChI=1S/C34H31ClF5N9O3/c1-31(2,3)16-33(20-7-4-18(5-8-20)26-41-13-21(36)14-42-26)28(50)48-24(15-52-30(51)47-32(10-11-32)34(38,39)40)19-6-9-22(35)23(12-19)49-27(43-17-44-49)25(37)45-29(48)46-33/h4-9,12-14,17,24-25H,10-11,15-16H2,1-3H3,(H,45,46)(H,47,51)/t24-,25?,33-/m1/s1. The van der Waals surface area contributed by atoms with Crippen LogP contribution in [0.2, 0.25) is 5.02 Å². The number of hydrogen-bond donors (Lipinski definition) is 2. The highest BCUT2D eigenvalue weighted by Crippen LogP contribution is 2.49. The first kappa shape index (κ1) is 35.2. The number of carbonyl (C=O) groups is 2. The van der Waals surface area contributed by atoms with Crippen LogP contribution < -0.4 is 10.6 Å². The van der Waals surface area contributed by atoms with Crippen LogP contribution in [0.25, 0.3) is 17.1 Å². The van der Waals surface area contributed by atoms with Crippen LogP contribution in [0.1, 0.15) is 69.3 Å². The molecule has 4 aromatic rings. The Morgan fingerprint density at radius 2 is 1.77 bits per heavy atom. The predicted molar refractivity (Wildman–Crippen MR) is 176 cm³/mol. The third kappa shape index (κ3) is 6.30. The molecular formula is C34H31ClF5N9O3. The minimum absolute atomic E-state index is 0.141. The summed E-state index contributed by atoms with van der Waals surface area (Å²) in [6, 6.07) is 9.92. The number of benzene rings is 2. The topological polar surface area (TPSA) is 140 Å². The van der Waals surface area contributed by atoms with Gasteiger partial charge in [-0.05, 0) is 47.9 Å². The smallest absolute Gasteiger partial charge is 0.411 e. The summed E-state index contributed by atoms with van der Waals surface area (Å²) < 4.78 is 77.3. The number of rotatable bonds is 6. The van der Waals surface area contributed by atoms with Gasteiger partial charge in [0.25, 0.3) is 12.2 Å². The molecule has 2 amide bonds. The Bertz CT molecular complexity index is 2060. The highest BCUT2D eigenvalue weighted by atomic mass is 35.5. The van der Waals surface area contributed by atoms with Crippen molar-refractivity contribution in [1.82, 2.24) is 40.3 Å². The summed E-state index contributed by atoms with van der Waals surface area (Å²) >= 11 is 6.51. The maximum atomic E-state index is 16.3. The fourth-order valence-corrected chi connectivity index (χ4v) is 6.74. The van der Waals surface area contributed by atoms with Crippen LogP contribution in [0.4, 0.5) is 26.7 Å². The quantitative estimate of drug-likeness (QED) is 0.169. The number of amides is 2. The van der Waals surface area contributed by atoms with E-state index in [0.29, 0.717) is 16.7 Å². The van der Waals surface area contributed by atoms with Crippen molar-refractivity contribution in [3.63, 3.8) is 0 Å². The number of alkyl halides is 4. The Labute approximate surface area is 298 Å². The number of alkyl carbamates (subject to hydrolysis) is 1. The van der Waals surface area contributed by atoms with Gasteiger partial charge in [0.1, 0.15) is 24.0 Å². The zero-order valence-corrected chi connectivity index (χ0v) is 28.6. The maximum absolute atomic E-state index is 16.3. The van der Waals surface area contributed by atoms with E-state index in [1.54, 1.807) is 30.3 Å². The van der Waals surface area contributed by atoms with Gasteiger partial charge in [-0.1, -0.05) is 62.7 Å². The number of ether oxygens (including phenoxy) is 1. The summed E-state index contributed by atoms with van der Waals surface area (Å²) in [5, 5.41) is 9.38. The Hall–Kier alpha value is -5.19. The van der Waals surface area contributed by atoms with E-state index in [1.165, 1.54) is 12.1 Å². The molecule has 1 saturated heterocycles. The summed E-state index contributed by atoms with van der Waals surface area (Å²) in [5.41, 5.74) is -3.07. The van der Waals surface area contributed by atoms with Crippen molar-refractivity contribution in [2.75, 3.05) is 6.61 Å². The minimum Gasteiger partial charge on any atom is -0.447 e. The molecule has 1 saturated carbocycles. The zero-order chi connectivity index (χ0) is 37.2. The van der Waals surface area contributed by atoms with E-state index in [-0.39, 0.29) is 47.6 Å². The average Bonchev–Trinajstić information content (AvgIpc) is 3.62. The summed E-state index contributed by atoms with van der Waals surface area (Å²) in [7, 11) is 0.